The maximum atomic E-state index is 12.5. The van der Waals surface area contributed by atoms with Gasteiger partial charge in [0.15, 0.2) is 0 Å². The van der Waals surface area contributed by atoms with Gasteiger partial charge >= 0.3 is 0 Å². The second-order valence-corrected chi connectivity index (χ2v) is 14.6. The van der Waals surface area contributed by atoms with Crippen LogP contribution in [0.4, 0.5) is 17.1 Å². The molecule has 10 nitrogen and oxygen atoms in total. The number of phenols is 1. The van der Waals surface area contributed by atoms with Crippen molar-refractivity contribution in [2.45, 2.75) is 0 Å². The van der Waals surface area contributed by atoms with Crippen LogP contribution in [-0.4, -0.2) is 70.3 Å². The molecule has 0 heterocycles. The fraction of sp³-hybridized carbons (Fsp3) is 0.273. The molecule has 0 saturated heterocycles. The van der Waals surface area contributed by atoms with Crippen molar-refractivity contribution >= 4 is 79.4 Å². The molecule has 13 heteroatoms. The van der Waals surface area contributed by atoms with Crippen LogP contribution in [0, 0.1) is 0 Å². The van der Waals surface area contributed by atoms with E-state index in [9.17, 15) is 30.4 Å². The number of benzene rings is 4. The number of aromatic hydroxyl groups is 1. The summed E-state index contributed by atoms with van der Waals surface area (Å²) in [6.45, 7) is 0. The minimum Gasteiger partial charge on any atom is -0.507 e. The lowest BCUT2D eigenvalue weighted by atomic mass is 9.91. The van der Waals surface area contributed by atoms with Crippen LogP contribution in [0.1, 0.15) is 0 Å². The van der Waals surface area contributed by atoms with Crippen LogP contribution in [0.25, 0.3) is 32.3 Å². The summed E-state index contributed by atoms with van der Waals surface area (Å²) >= 11 is 0. The zero-order chi connectivity index (χ0) is 26.2. The second-order valence-electron chi connectivity index (χ2n) is 8.59. The quantitative estimate of drug-likeness (QED) is 0.372. The van der Waals surface area contributed by atoms with E-state index in [1.165, 1.54) is 33.3 Å². The summed E-state index contributed by atoms with van der Waals surface area (Å²) in [4.78, 5) is 0. The molecule has 188 valence electrons. The molecule has 0 aliphatic rings. The Hall–Kier alpha value is -3.03. The number of anilines is 3. The molecular formula is C22H25N3O7S3. The lowest BCUT2D eigenvalue weighted by molar-refractivity contribution is 0.482. The van der Waals surface area contributed by atoms with Crippen molar-refractivity contribution < 1.29 is 30.4 Å². The highest BCUT2D eigenvalue weighted by atomic mass is 32.2. The van der Waals surface area contributed by atoms with Gasteiger partial charge in [0.2, 0.25) is 30.1 Å². The Morgan fingerprint density at radius 1 is 0.543 bits per heavy atom. The smallest absolute Gasteiger partial charge is 0.232 e. The van der Waals surface area contributed by atoms with Gasteiger partial charge in [-0.15, -0.1) is 0 Å². The topological polar surface area (TPSA) is 132 Å². The fourth-order valence-electron chi connectivity index (χ4n) is 4.24. The highest BCUT2D eigenvalue weighted by Gasteiger charge is 2.26. The predicted octanol–water partition coefficient (Wildman–Crippen LogP) is 2.48. The van der Waals surface area contributed by atoms with E-state index in [1.54, 1.807) is 24.3 Å². The molecule has 0 bridgehead atoms. The molecule has 4 rings (SSSR count). The highest BCUT2D eigenvalue weighted by molar-refractivity contribution is 7.92. The third kappa shape index (κ3) is 3.96. The molecule has 0 aromatic heterocycles. The SMILES string of the molecule is CN(c1cc(O)c2ccc3c(N(C)S(C)(=O)=O)cc(N(C)S(C)(=O)=O)c4ccc1c2c34)S(C)(=O)=O. The molecule has 0 fully saturated rings. The van der Waals surface area contributed by atoms with Crippen molar-refractivity contribution in [1.82, 2.24) is 0 Å². The van der Waals surface area contributed by atoms with Gasteiger partial charge in [-0.25, -0.2) is 25.3 Å². The van der Waals surface area contributed by atoms with Crippen molar-refractivity contribution in [3.05, 3.63) is 36.4 Å². The molecule has 35 heavy (non-hydrogen) atoms. The van der Waals surface area contributed by atoms with Gasteiger partial charge in [-0.05, 0) is 12.1 Å². The Balaban J connectivity index is 2.31. The van der Waals surface area contributed by atoms with Crippen LogP contribution < -0.4 is 12.9 Å². The summed E-state index contributed by atoms with van der Waals surface area (Å²) in [5.41, 5.74) is 0.703. The Bertz CT molecular complexity index is 1780. The van der Waals surface area contributed by atoms with Crippen LogP contribution in [0.2, 0.25) is 0 Å². The number of hydrogen-bond acceptors (Lipinski definition) is 7. The Kier molecular flexibility index (Phi) is 5.54. The molecule has 0 atom stereocenters. The van der Waals surface area contributed by atoms with Crippen LogP contribution in [0.15, 0.2) is 36.4 Å². The summed E-state index contributed by atoms with van der Waals surface area (Å²) in [6.07, 6.45) is 3.12. The highest BCUT2D eigenvalue weighted by Crippen LogP contribution is 2.48. The molecular weight excluding hydrogens is 514 g/mol. The normalized spacial score (nSPS) is 13.1. The van der Waals surface area contributed by atoms with Crippen LogP contribution in [0.3, 0.4) is 0 Å². The summed E-state index contributed by atoms with van der Waals surface area (Å²) < 4.78 is 77.6. The van der Waals surface area contributed by atoms with Gasteiger partial charge < -0.3 is 5.11 Å². The van der Waals surface area contributed by atoms with Gasteiger partial charge in [-0.1, -0.05) is 18.2 Å². The minimum atomic E-state index is -3.72. The van der Waals surface area contributed by atoms with Crippen molar-refractivity contribution in [2.75, 3.05) is 52.8 Å². The first kappa shape index (κ1) is 25.1. The zero-order valence-electron chi connectivity index (χ0n) is 19.9. The van der Waals surface area contributed by atoms with Crippen molar-refractivity contribution in [1.29, 1.82) is 0 Å². The average molecular weight is 540 g/mol. The number of nitrogens with zero attached hydrogens (tertiary/aromatic N) is 3. The fourth-order valence-corrected chi connectivity index (χ4v) is 5.76. The Morgan fingerprint density at radius 2 is 0.829 bits per heavy atom. The molecule has 0 spiro atoms. The van der Waals surface area contributed by atoms with Crippen molar-refractivity contribution in [3.63, 3.8) is 0 Å². The number of hydrogen-bond donors (Lipinski definition) is 1. The molecule has 0 aliphatic heterocycles. The minimum absolute atomic E-state index is 0.169. The Morgan fingerprint density at radius 3 is 1.17 bits per heavy atom. The third-order valence-electron chi connectivity index (χ3n) is 6.32. The summed E-state index contributed by atoms with van der Waals surface area (Å²) in [7, 11) is -7.02. The maximum absolute atomic E-state index is 12.5. The first-order valence-corrected chi connectivity index (χ1v) is 15.8. The van der Waals surface area contributed by atoms with Gasteiger partial charge in [0.05, 0.1) is 35.8 Å². The Labute approximate surface area is 204 Å². The molecule has 1 N–H and O–H groups in total. The van der Waals surface area contributed by atoms with Gasteiger partial charge in [0, 0.05) is 59.5 Å². The van der Waals surface area contributed by atoms with Gasteiger partial charge in [0.25, 0.3) is 0 Å². The van der Waals surface area contributed by atoms with E-state index in [0.717, 1.165) is 31.7 Å². The molecule has 0 aliphatic carbocycles. The van der Waals surface area contributed by atoms with Crippen LogP contribution in [0.5, 0.6) is 5.75 Å². The standard InChI is InChI=1S/C22H25N3O7S3/c1-23(33(4,27)28)17-11-18(24(2)34(5,29)30)14-9-10-16-20(26)12-19(25(3)35(6,31)32)15-8-7-13(17)21(14)22(15)16/h7-12,26H,1-6H3. The first-order chi connectivity index (χ1) is 15.9. The third-order valence-corrected chi connectivity index (χ3v) is 9.90. The number of sulfonamides is 3. The molecule has 0 unspecified atom stereocenters. The van der Waals surface area contributed by atoms with Gasteiger partial charge in [0.1, 0.15) is 5.75 Å². The van der Waals surface area contributed by atoms with E-state index in [2.05, 4.69) is 0 Å². The van der Waals surface area contributed by atoms with E-state index in [-0.39, 0.29) is 22.8 Å². The molecule has 4 aromatic rings. The van der Waals surface area contributed by atoms with Gasteiger partial charge in [-0.2, -0.15) is 0 Å². The largest absolute Gasteiger partial charge is 0.507 e. The number of rotatable bonds is 6. The summed E-state index contributed by atoms with van der Waals surface area (Å²) in [5.74, 6) is -0.169. The molecule has 4 aromatic carbocycles. The van der Waals surface area contributed by atoms with E-state index >= 15 is 0 Å². The molecule has 0 amide bonds. The van der Waals surface area contributed by atoms with Crippen molar-refractivity contribution in [3.8, 4) is 5.75 Å². The van der Waals surface area contributed by atoms with Gasteiger partial charge in [-0.3, -0.25) is 12.9 Å². The predicted molar refractivity (Wildman–Crippen MR) is 142 cm³/mol. The first-order valence-electron chi connectivity index (χ1n) is 10.2. The monoisotopic (exact) mass is 539 g/mol. The van der Waals surface area contributed by atoms with E-state index in [0.29, 0.717) is 32.3 Å². The molecule has 0 radical (unpaired) electrons. The molecule has 0 saturated carbocycles. The zero-order valence-corrected chi connectivity index (χ0v) is 22.4. The van der Waals surface area contributed by atoms with Crippen LogP contribution in [-0.2, 0) is 30.1 Å². The van der Waals surface area contributed by atoms with E-state index in [1.807, 2.05) is 0 Å². The maximum Gasteiger partial charge on any atom is 0.232 e. The van der Waals surface area contributed by atoms with E-state index < -0.39 is 30.1 Å². The van der Waals surface area contributed by atoms with Crippen LogP contribution >= 0.6 is 0 Å². The average Bonchev–Trinajstić information content (AvgIpc) is 2.74. The number of phenolic OH excluding ortho intramolecular Hbond substituents is 1. The lowest BCUT2D eigenvalue weighted by Gasteiger charge is -2.27. The summed E-state index contributed by atoms with van der Waals surface area (Å²) in [6, 6.07) is 9.47. The van der Waals surface area contributed by atoms with E-state index in [4.69, 9.17) is 0 Å². The van der Waals surface area contributed by atoms with Crippen molar-refractivity contribution in [2.24, 2.45) is 0 Å². The second kappa shape index (κ2) is 7.73. The lowest BCUT2D eigenvalue weighted by Crippen LogP contribution is -2.28. The summed E-state index contributed by atoms with van der Waals surface area (Å²) in [5, 5.41) is 13.7.